The second-order valence-electron chi connectivity index (χ2n) is 1.37. The Hall–Kier alpha value is -1.13. The second kappa shape index (κ2) is 3.82. The maximum absolute atomic E-state index is 10.0. The normalized spacial score (nSPS) is 11.1. The van der Waals surface area contributed by atoms with Crippen molar-refractivity contribution in [2.24, 2.45) is 5.11 Å². The molecule has 0 N–H and O–H groups in total. The van der Waals surface area contributed by atoms with Crippen molar-refractivity contribution in [2.45, 2.75) is 6.92 Å². The summed E-state index contributed by atoms with van der Waals surface area (Å²) in [7, 11) is 1.21. The Morgan fingerprint density at radius 3 is 2.78 bits per heavy atom. The summed E-state index contributed by atoms with van der Waals surface area (Å²) in [5.41, 5.74) is 0. The molecule has 9 heavy (non-hydrogen) atoms. The Morgan fingerprint density at radius 1 is 1.89 bits per heavy atom. The Bertz CT molecular complexity index is 128. The van der Waals surface area contributed by atoms with E-state index in [0.29, 0.717) is 4.86 Å². The highest BCUT2D eigenvalue weighted by Crippen LogP contribution is 1.76. The van der Waals surface area contributed by atoms with Gasteiger partial charge >= 0.3 is 5.97 Å². The summed E-state index contributed by atoms with van der Waals surface area (Å²) in [6, 6.07) is 0. The van der Waals surface area contributed by atoms with Gasteiger partial charge in [-0.2, -0.15) is 0 Å². The Morgan fingerprint density at radius 2 is 2.44 bits per heavy atom. The zero-order valence-corrected chi connectivity index (χ0v) is 5.33. The molecule has 0 fully saturated rings. The summed E-state index contributed by atoms with van der Waals surface area (Å²) < 4.78 is 4.31. The van der Waals surface area contributed by atoms with Gasteiger partial charge in [-0.15, -0.1) is 0 Å². The quantitative estimate of drug-likeness (QED) is 0.231. The number of hydroxylamine groups is 1. The van der Waals surface area contributed by atoms with E-state index >= 15 is 0 Å². The van der Waals surface area contributed by atoms with Crippen LogP contribution in [0.2, 0.25) is 0 Å². The first-order valence-electron chi connectivity index (χ1n) is 2.34. The molecule has 0 aromatic carbocycles. The molecule has 0 bridgehead atoms. The summed E-state index contributed by atoms with van der Waals surface area (Å²) >= 11 is 0. The highest BCUT2D eigenvalue weighted by Gasteiger charge is 1.89. The number of azo groups is 1. The topological polar surface area (TPSA) is 64.7 Å². The molecular weight excluding hydrogens is 124 g/mol. The fourth-order valence-corrected chi connectivity index (χ4v) is 0.201. The minimum absolute atomic E-state index is 0.199. The van der Waals surface area contributed by atoms with Crippen LogP contribution in [0.15, 0.2) is 5.11 Å². The highest BCUT2D eigenvalue weighted by molar-refractivity contribution is 5.65. The average molecular weight is 132 g/mol. The van der Waals surface area contributed by atoms with Crippen molar-refractivity contribution in [3.8, 4) is 0 Å². The molecule has 0 rings (SSSR count). The van der Waals surface area contributed by atoms with Crippen LogP contribution in [0, 0.1) is 5.21 Å². The fraction of sp³-hybridized carbons (Fsp3) is 0.750. The Balaban J connectivity index is 3.31. The summed E-state index contributed by atoms with van der Waals surface area (Å²) in [6.07, 6.45) is 0. The molecule has 0 aliphatic rings. The molecule has 0 saturated heterocycles. The third kappa shape index (κ3) is 6.87. The van der Waals surface area contributed by atoms with Crippen molar-refractivity contribution < 1.29 is 14.4 Å². The lowest BCUT2D eigenvalue weighted by molar-refractivity contribution is -0.502. The first-order chi connectivity index (χ1) is 4.13. The van der Waals surface area contributed by atoms with Gasteiger partial charge in [-0.3, -0.25) is 4.79 Å². The van der Waals surface area contributed by atoms with Crippen LogP contribution in [0.1, 0.15) is 6.92 Å². The molecule has 0 aromatic heterocycles. The van der Waals surface area contributed by atoms with E-state index in [1.54, 1.807) is 0 Å². The van der Waals surface area contributed by atoms with Gasteiger partial charge in [0.2, 0.25) is 6.73 Å². The summed E-state index contributed by atoms with van der Waals surface area (Å²) in [5, 5.41) is 13.2. The lowest BCUT2D eigenvalue weighted by atomic mass is 10.8. The van der Waals surface area contributed by atoms with E-state index in [1.165, 1.54) is 14.0 Å². The lowest BCUT2D eigenvalue weighted by Crippen LogP contribution is -2.00. The first-order valence-corrected chi connectivity index (χ1v) is 2.34. The van der Waals surface area contributed by atoms with Gasteiger partial charge in [0, 0.05) is 12.0 Å². The first kappa shape index (κ1) is 7.87. The summed E-state index contributed by atoms with van der Waals surface area (Å²) in [6.45, 7) is 1.05. The fourth-order valence-electron chi connectivity index (χ4n) is 0.201. The van der Waals surface area contributed by atoms with Crippen LogP contribution in [0.4, 0.5) is 0 Å². The molecule has 0 unspecified atom stereocenters. The SMILES string of the molecule is CC(=O)OCN=[N+](C)[O-]. The molecule has 5 nitrogen and oxygen atoms in total. The summed E-state index contributed by atoms with van der Waals surface area (Å²) in [4.78, 5) is 10.4. The zero-order chi connectivity index (χ0) is 7.28. The van der Waals surface area contributed by atoms with Crippen molar-refractivity contribution in [3.63, 3.8) is 0 Å². The van der Waals surface area contributed by atoms with Gasteiger partial charge < -0.3 is 9.94 Å². The van der Waals surface area contributed by atoms with E-state index in [-0.39, 0.29) is 6.73 Å². The van der Waals surface area contributed by atoms with E-state index in [4.69, 9.17) is 0 Å². The van der Waals surface area contributed by atoms with Crippen molar-refractivity contribution in [1.82, 2.24) is 0 Å². The lowest BCUT2D eigenvalue weighted by Gasteiger charge is -1.93. The molecule has 0 aromatic rings. The van der Waals surface area contributed by atoms with Crippen LogP contribution in [-0.4, -0.2) is 24.6 Å². The van der Waals surface area contributed by atoms with E-state index in [1.807, 2.05) is 0 Å². The van der Waals surface area contributed by atoms with Gasteiger partial charge in [-0.05, 0) is 0 Å². The average Bonchev–Trinajstić information content (AvgIpc) is 1.63. The number of ether oxygens (including phenoxy) is 1. The van der Waals surface area contributed by atoms with Gasteiger partial charge in [-0.25, -0.2) is 0 Å². The number of esters is 1. The van der Waals surface area contributed by atoms with Crippen LogP contribution in [0.5, 0.6) is 0 Å². The predicted molar refractivity (Wildman–Crippen MR) is 28.6 cm³/mol. The third-order valence-corrected chi connectivity index (χ3v) is 0.525. The minimum Gasteiger partial charge on any atom is -0.600 e. The molecule has 0 aliphatic heterocycles. The molecule has 0 heterocycles. The molecule has 5 heteroatoms. The van der Waals surface area contributed by atoms with Gasteiger partial charge in [0.15, 0.2) is 7.05 Å². The molecule has 52 valence electrons. The second-order valence-corrected chi connectivity index (χ2v) is 1.37. The molecule has 0 saturated carbocycles. The number of nitrogens with zero attached hydrogens (tertiary/aromatic N) is 2. The molecule has 0 aliphatic carbocycles. The third-order valence-electron chi connectivity index (χ3n) is 0.525. The zero-order valence-electron chi connectivity index (χ0n) is 5.33. The number of rotatable bonds is 2. The van der Waals surface area contributed by atoms with E-state index in [2.05, 4.69) is 9.85 Å². The highest BCUT2D eigenvalue weighted by atomic mass is 16.6. The summed E-state index contributed by atoms with van der Waals surface area (Å²) in [5.74, 6) is -0.444. The monoisotopic (exact) mass is 132 g/mol. The van der Waals surface area contributed by atoms with Gasteiger partial charge in [0.1, 0.15) is 0 Å². The molecule has 0 amide bonds. The van der Waals surface area contributed by atoms with Crippen molar-refractivity contribution >= 4 is 5.97 Å². The molecule has 0 atom stereocenters. The number of hydrogen-bond donors (Lipinski definition) is 0. The predicted octanol–water partition coefficient (Wildman–Crippen LogP) is 0.0993. The number of carbonyl (C=O) groups excluding carboxylic acids is 1. The molecule has 0 radical (unpaired) electrons. The van der Waals surface area contributed by atoms with Gasteiger partial charge in [-0.1, -0.05) is 4.86 Å². The van der Waals surface area contributed by atoms with Crippen molar-refractivity contribution in [2.75, 3.05) is 13.8 Å². The number of hydrogen-bond acceptors (Lipinski definition) is 4. The van der Waals surface area contributed by atoms with Crippen molar-refractivity contribution in [1.29, 1.82) is 0 Å². The van der Waals surface area contributed by atoms with Crippen LogP contribution in [-0.2, 0) is 9.53 Å². The Kier molecular flexibility index (Phi) is 3.34. The van der Waals surface area contributed by atoms with Gasteiger partial charge in [0.05, 0.1) is 0 Å². The Labute approximate surface area is 52.5 Å². The van der Waals surface area contributed by atoms with E-state index < -0.39 is 5.97 Å². The van der Waals surface area contributed by atoms with Crippen molar-refractivity contribution in [3.05, 3.63) is 5.21 Å². The number of carbonyl (C=O) groups is 1. The largest absolute Gasteiger partial charge is 0.600 e. The molecule has 0 spiro atoms. The van der Waals surface area contributed by atoms with Crippen LogP contribution >= 0.6 is 0 Å². The van der Waals surface area contributed by atoms with Crippen LogP contribution < -0.4 is 0 Å². The standard InChI is InChI=1S/C4H8N2O3/c1-4(7)9-3-5-6(2)8/h3H2,1-2H3. The van der Waals surface area contributed by atoms with Crippen LogP contribution in [0.3, 0.4) is 0 Å². The minimum atomic E-state index is -0.444. The van der Waals surface area contributed by atoms with Gasteiger partial charge in [0.25, 0.3) is 0 Å². The maximum Gasteiger partial charge on any atom is 0.304 e. The van der Waals surface area contributed by atoms with Crippen LogP contribution in [0.25, 0.3) is 0 Å². The van der Waals surface area contributed by atoms with E-state index in [0.717, 1.165) is 0 Å². The maximum atomic E-state index is 10.0. The smallest absolute Gasteiger partial charge is 0.304 e. The molecular formula is C4H8N2O3. The van der Waals surface area contributed by atoms with E-state index in [9.17, 15) is 10.0 Å².